The van der Waals surface area contributed by atoms with E-state index in [9.17, 15) is 0 Å². The highest BCUT2D eigenvalue weighted by molar-refractivity contribution is 5.53. The van der Waals surface area contributed by atoms with Crippen LogP contribution in [0.2, 0.25) is 0 Å². The van der Waals surface area contributed by atoms with Crippen molar-refractivity contribution < 1.29 is 4.74 Å². The second kappa shape index (κ2) is 8.06. The van der Waals surface area contributed by atoms with Crippen molar-refractivity contribution in [2.75, 3.05) is 13.7 Å². The maximum atomic E-state index is 5.11. The Kier molecular flexibility index (Phi) is 6.69. The number of rotatable bonds is 7. The number of hydrogen-bond donors (Lipinski definition) is 1. The first-order valence-electron chi connectivity index (χ1n) is 6.66. The highest BCUT2D eigenvalue weighted by atomic mass is 16.5. The lowest BCUT2D eigenvalue weighted by Crippen LogP contribution is -2.27. The molecule has 1 unspecified atom stereocenters. The first-order chi connectivity index (χ1) is 8.67. The molecule has 0 aliphatic rings. The highest BCUT2D eigenvalue weighted by Crippen LogP contribution is 2.11. The van der Waals surface area contributed by atoms with Crippen molar-refractivity contribution in [1.29, 1.82) is 0 Å². The van der Waals surface area contributed by atoms with Crippen molar-refractivity contribution in [3.05, 3.63) is 41.0 Å². The van der Waals surface area contributed by atoms with Crippen LogP contribution in [0, 0.1) is 0 Å². The van der Waals surface area contributed by atoms with Crippen LogP contribution in [0.25, 0.3) is 6.08 Å². The molecule has 1 atom stereocenters. The molecule has 0 aliphatic carbocycles. The molecule has 0 heterocycles. The number of hydrogen-bond acceptors (Lipinski definition) is 2. The normalized spacial score (nSPS) is 13.7. The summed E-state index contributed by atoms with van der Waals surface area (Å²) in [7, 11) is 1.72. The van der Waals surface area contributed by atoms with Gasteiger partial charge >= 0.3 is 0 Å². The molecule has 18 heavy (non-hydrogen) atoms. The van der Waals surface area contributed by atoms with Gasteiger partial charge < -0.3 is 10.1 Å². The molecule has 0 aromatic heterocycles. The fourth-order valence-corrected chi connectivity index (χ4v) is 1.79. The predicted octanol–water partition coefficient (Wildman–Crippen LogP) is 3.62. The number of methoxy groups -OCH3 is 1. The number of nitrogens with one attached hydrogen (secondary N) is 1. The van der Waals surface area contributed by atoms with Gasteiger partial charge in [-0.25, -0.2) is 0 Å². The molecule has 1 N–H and O–H groups in total. The lowest BCUT2D eigenvalue weighted by Gasteiger charge is -2.14. The Labute approximate surface area is 111 Å². The third-order valence-corrected chi connectivity index (χ3v) is 3.07. The molecule has 0 bridgehead atoms. The minimum Gasteiger partial charge on any atom is -0.380 e. The van der Waals surface area contributed by atoms with E-state index in [1.165, 1.54) is 23.1 Å². The quantitative estimate of drug-likeness (QED) is 0.794. The van der Waals surface area contributed by atoms with E-state index in [0.717, 1.165) is 6.54 Å². The Morgan fingerprint density at radius 1 is 1.33 bits per heavy atom. The highest BCUT2D eigenvalue weighted by Gasteiger charge is 2.02. The summed E-state index contributed by atoms with van der Waals surface area (Å²) < 4.78 is 5.11. The molecule has 2 heteroatoms. The molecule has 1 aromatic rings. The maximum Gasteiger partial charge on any atom is 0.0713 e. The van der Waals surface area contributed by atoms with Crippen LogP contribution in [0.1, 0.15) is 38.3 Å². The number of benzene rings is 1. The average Bonchev–Trinajstić information content (AvgIpc) is 2.38. The van der Waals surface area contributed by atoms with Gasteiger partial charge in [0, 0.05) is 13.2 Å². The minimum atomic E-state index is 0.434. The zero-order valence-electron chi connectivity index (χ0n) is 12.0. The van der Waals surface area contributed by atoms with Crippen LogP contribution in [0.5, 0.6) is 0 Å². The summed E-state index contributed by atoms with van der Waals surface area (Å²) in [6.07, 6.45) is 3.41. The van der Waals surface area contributed by atoms with E-state index in [4.69, 9.17) is 4.74 Å². The SMILES string of the molecule is CCCNC(C)/C(C)=C/c1ccc(COC)cc1. The Bertz CT molecular complexity index is 367. The zero-order valence-corrected chi connectivity index (χ0v) is 12.0. The molecule has 0 radical (unpaired) electrons. The first kappa shape index (κ1) is 14.9. The molecular formula is C16H25NO. The van der Waals surface area contributed by atoms with Crippen molar-refractivity contribution in [3.8, 4) is 0 Å². The van der Waals surface area contributed by atoms with Crippen LogP contribution < -0.4 is 5.32 Å². The van der Waals surface area contributed by atoms with Gasteiger partial charge in [0.15, 0.2) is 0 Å². The van der Waals surface area contributed by atoms with Crippen LogP contribution in [-0.2, 0) is 11.3 Å². The topological polar surface area (TPSA) is 21.3 Å². The van der Waals surface area contributed by atoms with Gasteiger partial charge in [-0.1, -0.05) is 42.8 Å². The van der Waals surface area contributed by atoms with Crippen LogP contribution in [0.4, 0.5) is 0 Å². The molecule has 100 valence electrons. The average molecular weight is 247 g/mol. The summed E-state index contributed by atoms with van der Waals surface area (Å²) in [6, 6.07) is 8.96. The molecule has 0 saturated carbocycles. The molecule has 0 aliphatic heterocycles. The van der Waals surface area contributed by atoms with Crippen LogP contribution in [0.15, 0.2) is 29.8 Å². The standard InChI is InChI=1S/C16H25NO/c1-5-10-17-14(3)13(2)11-15-6-8-16(9-7-15)12-18-4/h6-9,11,14,17H,5,10,12H2,1-4H3/b13-11+. The van der Waals surface area contributed by atoms with E-state index < -0.39 is 0 Å². The fourth-order valence-electron chi connectivity index (χ4n) is 1.79. The zero-order chi connectivity index (χ0) is 13.4. The van der Waals surface area contributed by atoms with Gasteiger partial charge in [0.2, 0.25) is 0 Å². The van der Waals surface area contributed by atoms with E-state index >= 15 is 0 Å². The van der Waals surface area contributed by atoms with Gasteiger partial charge in [-0.15, -0.1) is 0 Å². The summed E-state index contributed by atoms with van der Waals surface area (Å²) in [5, 5.41) is 3.50. The molecule has 0 fully saturated rings. The summed E-state index contributed by atoms with van der Waals surface area (Å²) in [5.74, 6) is 0. The number of ether oxygens (including phenoxy) is 1. The summed E-state index contributed by atoms with van der Waals surface area (Å²) in [5.41, 5.74) is 3.82. The lowest BCUT2D eigenvalue weighted by atomic mass is 10.1. The molecule has 0 saturated heterocycles. The Morgan fingerprint density at radius 3 is 2.56 bits per heavy atom. The van der Waals surface area contributed by atoms with Gasteiger partial charge in [-0.2, -0.15) is 0 Å². The van der Waals surface area contributed by atoms with Crippen molar-refractivity contribution in [2.24, 2.45) is 0 Å². The second-order valence-corrected chi connectivity index (χ2v) is 4.74. The van der Waals surface area contributed by atoms with E-state index in [0.29, 0.717) is 12.6 Å². The molecular weight excluding hydrogens is 222 g/mol. The minimum absolute atomic E-state index is 0.434. The van der Waals surface area contributed by atoms with Gasteiger partial charge in [0.05, 0.1) is 6.61 Å². The molecule has 0 spiro atoms. The van der Waals surface area contributed by atoms with Gasteiger partial charge in [-0.05, 0) is 37.9 Å². The van der Waals surface area contributed by atoms with Gasteiger partial charge in [-0.3, -0.25) is 0 Å². The maximum absolute atomic E-state index is 5.11. The summed E-state index contributed by atoms with van der Waals surface area (Å²) in [6.45, 7) is 8.32. The van der Waals surface area contributed by atoms with E-state index in [-0.39, 0.29) is 0 Å². The third kappa shape index (κ3) is 5.03. The second-order valence-electron chi connectivity index (χ2n) is 4.74. The fraction of sp³-hybridized carbons (Fsp3) is 0.500. The van der Waals surface area contributed by atoms with E-state index in [1.807, 2.05) is 0 Å². The third-order valence-electron chi connectivity index (χ3n) is 3.07. The largest absolute Gasteiger partial charge is 0.380 e. The Balaban J connectivity index is 2.63. The summed E-state index contributed by atoms with van der Waals surface area (Å²) in [4.78, 5) is 0. The van der Waals surface area contributed by atoms with Crippen LogP contribution in [0.3, 0.4) is 0 Å². The van der Waals surface area contributed by atoms with Crippen LogP contribution >= 0.6 is 0 Å². The molecule has 1 rings (SSSR count). The Hall–Kier alpha value is -1.12. The van der Waals surface area contributed by atoms with Crippen molar-refractivity contribution in [1.82, 2.24) is 5.32 Å². The lowest BCUT2D eigenvalue weighted by molar-refractivity contribution is 0.185. The monoisotopic (exact) mass is 247 g/mol. The smallest absolute Gasteiger partial charge is 0.0713 e. The van der Waals surface area contributed by atoms with E-state index in [2.05, 4.69) is 56.4 Å². The first-order valence-corrected chi connectivity index (χ1v) is 6.66. The molecule has 1 aromatic carbocycles. The van der Waals surface area contributed by atoms with Crippen molar-refractivity contribution >= 4 is 6.08 Å². The van der Waals surface area contributed by atoms with Gasteiger partial charge in [0.25, 0.3) is 0 Å². The Morgan fingerprint density at radius 2 is 2.00 bits per heavy atom. The van der Waals surface area contributed by atoms with Crippen molar-refractivity contribution in [2.45, 2.75) is 39.8 Å². The molecule has 2 nitrogen and oxygen atoms in total. The van der Waals surface area contributed by atoms with E-state index in [1.54, 1.807) is 7.11 Å². The summed E-state index contributed by atoms with van der Waals surface area (Å²) >= 11 is 0. The van der Waals surface area contributed by atoms with Crippen molar-refractivity contribution in [3.63, 3.8) is 0 Å². The predicted molar refractivity (Wildman–Crippen MR) is 78.6 cm³/mol. The molecule has 0 amide bonds. The van der Waals surface area contributed by atoms with Crippen LogP contribution in [-0.4, -0.2) is 19.7 Å². The van der Waals surface area contributed by atoms with Gasteiger partial charge in [0.1, 0.15) is 0 Å².